The molecule has 5 rings (SSSR count). The summed E-state index contributed by atoms with van der Waals surface area (Å²) in [5, 5.41) is 14.4. The predicted octanol–water partition coefficient (Wildman–Crippen LogP) is 3.96. The lowest BCUT2D eigenvalue weighted by atomic mass is 9.99. The Hall–Kier alpha value is -2.89. The maximum atomic E-state index is 13.6. The highest BCUT2D eigenvalue weighted by atomic mass is 35.5. The van der Waals surface area contributed by atoms with Crippen molar-refractivity contribution in [3.05, 3.63) is 74.7 Å². The van der Waals surface area contributed by atoms with Crippen LogP contribution in [-0.2, 0) is 23.9 Å². The quantitative estimate of drug-likeness (QED) is 0.545. The van der Waals surface area contributed by atoms with E-state index in [2.05, 4.69) is 10.1 Å². The number of anilines is 1. The first-order valence-electron chi connectivity index (χ1n) is 11.7. The Morgan fingerprint density at radius 1 is 1.25 bits per heavy atom. The summed E-state index contributed by atoms with van der Waals surface area (Å²) in [5.41, 5.74) is 0.604. The number of halogens is 4. The highest BCUT2D eigenvalue weighted by Crippen LogP contribution is 2.37. The summed E-state index contributed by atoms with van der Waals surface area (Å²) < 4.78 is 49.4. The van der Waals surface area contributed by atoms with E-state index in [1.807, 2.05) is 4.90 Å². The van der Waals surface area contributed by atoms with Crippen molar-refractivity contribution in [2.45, 2.75) is 50.7 Å². The Kier molecular flexibility index (Phi) is 6.80. The number of aromatic nitrogens is 4. The van der Waals surface area contributed by atoms with Gasteiger partial charge in [-0.25, -0.2) is 4.98 Å². The molecule has 0 bridgehead atoms. The van der Waals surface area contributed by atoms with Crippen LogP contribution >= 0.6 is 11.6 Å². The zero-order valence-corrected chi connectivity index (χ0v) is 20.0. The topological polar surface area (TPSA) is 85.4 Å². The average Bonchev–Trinajstić information content (AvgIpc) is 3.29. The molecular formula is C24H25ClF3N5O3. The van der Waals surface area contributed by atoms with E-state index in [0.29, 0.717) is 43.9 Å². The van der Waals surface area contributed by atoms with Crippen molar-refractivity contribution in [3.8, 4) is 0 Å². The van der Waals surface area contributed by atoms with Crippen molar-refractivity contribution in [1.82, 2.24) is 19.3 Å². The Bertz CT molecular complexity index is 1300. The molecule has 1 saturated heterocycles. The fraction of sp³-hybridized carbons (Fsp3) is 0.458. The van der Waals surface area contributed by atoms with Crippen LogP contribution in [0.3, 0.4) is 0 Å². The lowest BCUT2D eigenvalue weighted by molar-refractivity contribution is -0.138. The van der Waals surface area contributed by atoms with E-state index in [0.717, 1.165) is 24.6 Å². The molecule has 0 amide bonds. The number of fused-ring (bicyclic) bond motifs is 1. The third-order valence-electron chi connectivity index (χ3n) is 6.77. The fourth-order valence-electron chi connectivity index (χ4n) is 4.97. The molecule has 1 N–H and O–H groups in total. The molecule has 8 nitrogen and oxygen atoms in total. The molecule has 192 valence electrons. The molecule has 2 aliphatic heterocycles. The average molecular weight is 524 g/mol. The predicted molar refractivity (Wildman–Crippen MR) is 126 cm³/mol. The molecule has 1 fully saturated rings. The fourth-order valence-corrected chi connectivity index (χ4v) is 5.22. The molecule has 4 heterocycles. The van der Waals surface area contributed by atoms with Gasteiger partial charge >= 0.3 is 6.18 Å². The van der Waals surface area contributed by atoms with Gasteiger partial charge in [-0.05, 0) is 30.9 Å². The molecule has 36 heavy (non-hydrogen) atoms. The lowest BCUT2D eigenvalue weighted by Gasteiger charge is -2.31. The maximum absolute atomic E-state index is 13.6. The van der Waals surface area contributed by atoms with Crippen LogP contribution in [0.2, 0.25) is 5.02 Å². The van der Waals surface area contributed by atoms with Gasteiger partial charge in [-0.2, -0.15) is 23.0 Å². The second kappa shape index (κ2) is 9.87. The zero-order chi connectivity index (χ0) is 25.4. The maximum Gasteiger partial charge on any atom is 0.416 e. The van der Waals surface area contributed by atoms with E-state index < -0.39 is 36.2 Å². The molecule has 0 spiro atoms. The highest BCUT2D eigenvalue weighted by molar-refractivity contribution is 6.33. The lowest BCUT2D eigenvalue weighted by Crippen LogP contribution is -2.36. The smallest absolute Gasteiger partial charge is 0.394 e. The van der Waals surface area contributed by atoms with Gasteiger partial charge in [0.25, 0.3) is 5.56 Å². The van der Waals surface area contributed by atoms with Crippen molar-refractivity contribution in [1.29, 1.82) is 0 Å². The van der Waals surface area contributed by atoms with Crippen LogP contribution < -0.4 is 10.5 Å². The Morgan fingerprint density at radius 2 is 2.06 bits per heavy atom. The standard InChI is InChI=1S/C24H25ClF3N5O3/c25-22-19(11-30-33(23(22)35)21-7-3-4-10-36-21)31-9-8-18-17(12-31)29-14-32(18)20(13-34)15-5-1-2-6-16(15)24(26,27)28/h1-2,5-6,11,14,20-21,34H,3-4,7-10,12-13H2. The van der Waals surface area contributed by atoms with Crippen LogP contribution in [0.15, 0.2) is 41.6 Å². The third-order valence-corrected chi connectivity index (χ3v) is 7.13. The number of imidazole rings is 1. The molecule has 2 aromatic heterocycles. The molecule has 3 aromatic rings. The molecule has 2 unspecified atom stereocenters. The highest BCUT2D eigenvalue weighted by Gasteiger charge is 2.36. The number of rotatable bonds is 5. The van der Waals surface area contributed by atoms with Gasteiger partial charge in [0.2, 0.25) is 0 Å². The summed E-state index contributed by atoms with van der Waals surface area (Å²) in [6.45, 7) is 0.795. The monoisotopic (exact) mass is 523 g/mol. The molecule has 0 saturated carbocycles. The first-order chi connectivity index (χ1) is 17.3. The van der Waals surface area contributed by atoms with Crippen LogP contribution in [-0.4, -0.2) is 44.2 Å². The van der Waals surface area contributed by atoms with Gasteiger partial charge < -0.3 is 19.3 Å². The second-order valence-corrected chi connectivity index (χ2v) is 9.29. The van der Waals surface area contributed by atoms with Gasteiger partial charge in [0.1, 0.15) is 5.02 Å². The van der Waals surface area contributed by atoms with E-state index in [9.17, 15) is 23.1 Å². The minimum Gasteiger partial charge on any atom is -0.394 e. The van der Waals surface area contributed by atoms with E-state index >= 15 is 0 Å². The number of hydrogen-bond acceptors (Lipinski definition) is 6. The van der Waals surface area contributed by atoms with Gasteiger partial charge in [-0.15, -0.1) is 0 Å². The van der Waals surface area contributed by atoms with Crippen molar-refractivity contribution in [3.63, 3.8) is 0 Å². The molecule has 2 atom stereocenters. The number of benzene rings is 1. The number of alkyl halides is 3. The summed E-state index contributed by atoms with van der Waals surface area (Å²) in [5.74, 6) is 0. The van der Waals surface area contributed by atoms with Gasteiger partial charge in [-0.1, -0.05) is 29.8 Å². The first kappa shape index (κ1) is 24.8. The van der Waals surface area contributed by atoms with E-state index in [4.69, 9.17) is 16.3 Å². The van der Waals surface area contributed by atoms with Crippen molar-refractivity contribution < 1.29 is 23.0 Å². The Morgan fingerprint density at radius 3 is 2.78 bits per heavy atom. The van der Waals surface area contributed by atoms with Gasteiger partial charge in [0, 0.05) is 25.3 Å². The van der Waals surface area contributed by atoms with Crippen LogP contribution in [0.1, 0.15) is 54.0 Å². The molecule has 2 aliphatic rings. The van der Waals surface area contributed by atoms with Crippen LogP contribution in [0, 0.1) is 0 Å². The molecule has 1 aromatic carbocycles. The van der Waals surface area contributed by atoms with Crippen molar-refractivity contribution >= 4 is 17.3 Å². The van der Waals surface area contributed by atoms with Crippen molar-refractivity contribution in [2.24, 2.45) is 0 Å². The second-order valence-electron chi connectivity index (χ2n) is 8.91. The Labute approximate surface area is 209 Å². The Balaban J connectivity index is 1.42. The number of ether oxygens (including phenoxy) is 1. The minimum atomic E-state index is -4.55. The van der Waals surface area contributed by atoms with Crippen molar-refractivity contribution in [2.75, 3.05) is 24.7 Å². The number of aliphatic hydroxyl groups is 1. The summed E-state index contributed by atoms with van der Waals surface area (Å²) in [4.78, 5) is 19.2. The summed E-state index contributed by atoms with van der Waals surface area (Å²) in [6, 6.07) is 4.30. The first-order valence-corrected chi connectivity index (χ1v) is 12.1. The van der Waals surface area contributed by atoms with Gasteiger partial charge in [-0.3, -0.25) is 4.79 Å². The molecule has 0 aliphatic carbocycles. The number of hydrogen-bond donors (Lipinski definition) is 1. The van der Waals surface area contributed by atoms with E-state index in [1.54, 1.807) is 10.8 Å². The van der Waals surface area contributed by atoms with Crippen LogP contribution in [0.25, 0.3) is 0 Å². The number of aliphatic hydroxyl groups excluding tert-OH is 1. The summed E-state index contributed by atoms with van der Waals surface area (Å²) in [7, 11) is 0. The van der Waals surface area contributed by atoms with E-state index in [-0.39, 0.29) is 10.6 Å². The van der Waals surface area contributed by atoms with Crippen LogP contribution in [0.5, 0.6) is 0 Å². The normalized spacial score (nSPS) is 19.2. The molecule has 12 heteroatoms. The molecule has 0 radical (unpaired) electrons. The number of nitrogens with zero attached hydrogens (tertiary/aromatic N) is 5. The zero-order valence-electron chi connectivity index (χ0n) is 19.3. The summed E-state index contributed by atoms with van der Waals surface area (Å²) >= 11 is 6.46. The SMILES string of the molecule is O=c1c(Cl)c(N2CCc3c(ncn3C(CO)c3ccccc3C(F)(F)F)C2)cnn1C1CCCCO1. The van der Waals surface area contributed by atoms with Crippen LogP contribution in [0.4, 0.5) is 18.9 Å². The van der Waals surface area contributed by atoms with Gasteiger partial charge in [0.05, 0.1) is 48.7 Å². The van der Waals surface area contributed by atoms with Gasteiger partial charge in [0.15, 0.2) is 6.23 Å². The van der Waals surface area contributed by atoms with E-state index in [1.165, 1.54) is 29.2 Å². The largest absolute Gasteiger partial charge is 0.416 e. The summed E-state index contributed by atoms with van der Waals surface area (Å²) in [6.07, 6.45) is 1.03. The molecular weight excluding hydrogens is 499 g/mol. The minimum absolute atomic E-state index is 0.0177. The third kappa shape index (κ3) is 4.51.